The minimum atomic E-state index is -0.790. The molecule has 8 heteroatoms. The molecule has 1 fully saturated rings. The number of hydrogen-bond donors (Lipinski definition) is 1. The van der Waals surface area contributed by atoms with Gasteiger partial charge in [-0.2, -0.15) is 0 Å². The van der Waals surface area contributed by atoms with E-state index in [0.717, 1.165) is 73.5 Å². The molecule has 5 nitrogen and oxygen atoms in total. The Morgan fingerprint density at radius 3 is 2.10 bits per heavy atom. The summed E-state index contributed by atoms with van der Waals surface area (Å²) in [5, 5.41) is 12.9. The number of aliphatic hydroxyl groups is 1. The lowest BCUT2D eigenvalue weighted by atomic mass is 9.96. The van der Waals surface area contributed by atoms with Crippen molar-refractivity contribution >= 4 is 44.9 Å². The Morgan fingerprint density at radius 1 is 0.810 bits per heavy atom. The Hall–Kier alpha value is -2.36. The quantitative estimate of drug-likeness (QED) is 0.111. The van der Waals surface area contributed by atoms with Gasteiger partial charge in [0.05, 0.1) is 0 Å². The third-order valence-corrected chi connectivity index (χ3v) is 10.1. The number of piperidine rings is 1. The van der Waals surface area contributed by atoms with Crippen molar-refractivity contribution in [1.82, 2.24) is 4.90 Å². The Bertz CT molecular complexity index is 1400. The fraction of sp³-hybridized carbons (Fsp3) is 0.412. The van der Waals surface area contributed by atoms with Gasteiger partial charge in [0, 0.05) is 28.2 Å². The number of rotatable bonds is 14. The molecule has 0 aliphatic carbocycles. The van der Waals surface area contributed by atoms with E-state index < -0.39 is 6.10 Å². The molecule has 1 aliphatic heterocycles. The van der Waals surface area contributed by atoms with Crippen LogP contribution in [0.1, 0.15) is 57.3 Å². The number of ether oxygens (including phenoxy) is 3. The van der Waals surface area contributed by atoms with Crippen LogP contribution >= 0.6 is 34.9 Å². The number of likely N-dealkylation sites (tertiary alicyclic amines) is 1. The first-order valence-electron chi connectivity index (χ1n) is 14.8. The number of benzene rings is 3. The van der Waals surface area contributed by atoms with E-state index in [1.54, 1.807) is 34.9 Å². The van der Waals surface area contributed by atoms with Crippen LogP contribution in [0.4, 0.5) is 0 Å². The summed E-state index contributed by atoms with van der Waals surface area (Å²) in [4.78, 5) is 3.44. The van der Waals surface area contributed by atoms with Crippen LogP contribution < -0.4 is 14.2 Å². The molecular weight excluding hydrogens is 583 g/mol. The van der Waals surface area contributed by atoms with Crippen LogP contribution in [0.3, 0.4) is 0 Å². The van der Waals surface area contributed by atoms with E-state index in [1.807, 2.05) is 42.5 Å². The number of hydrogen-bond acceptors (Lipinski definition) is 8. The van der Waals surface area contributed by atoms with Crippen molar-refractivity contribution < 1.29 is 19.3 Å². The summed E-state index contributed by atoms with van der Waals surface area (Å²) in [7, 11) is 0. The Morgan fingerprint density at radius 2 is 1.43 bits per heavy atom. The molecule has 4 aromatic rings. The summed E-state index contributed by atoms with van der Waals surface area (Å²) in [5.74, 6) is 5.81. The average Bonchev–Trinajstić information content (AvgIpc) is 3.41. The van der Waals surface area contributed by atoms with Crippen molar-refractivity contribution in [3.8, 4) is 27.7 Å². The van der Waals surface area contributed by atoms with Gasteiger partial charge in [0.1, 0.15) is 41.5 Å². The van der Waals surface area contributed by atoms with Gasteiger partial charge < -0.3 is 19.3 Å². The van der Waals surface area contributed by atoms with Gasteiger partial charge in [-0.25, -0.2) is 0 Å². The molecule has 1 saturated heterocycles. The van der Waals surface area contributed by atoms with Crippen molar-refractivity contribution in [3.63, 3.8) is 0 Å². The van der Waals surface area contributed by atoms with Gasteiger partial charge >= 0.3 is 0 Å². The van der Waals surface area contributed by atoms with Gasteiger partial charge in [-0.05, 0) is 102 Å². The summed E-state index contributed by atoms with van der Waals surface area (Å²) >= 11 is 5.19. The monoisotopic (exact) mass is 623 g/mol. The average molecular weight is 624 g/mol. The molecule has 0 bridgehead atoms. The number of nitrogens with zero attached hydrogens (tertiary/aromatic N) is 1. The minimum absolute atomic E-state index is 0.0353. The summed E-state index contributed by atoms with van der Waals surface area (Å²) < 4.78 is 19.2. The largest absolute Gasteiger partial charge is 0.483 e. The molecule has 2 heterocycles. The first-order chi connectivity index (χ1) is 20.6. The molecule has 1 N–H and O–H groups in total. The second kappa shape index (κ2) is 15.4. The zero-order valence-corrected chi connectivity index (χ0v) is 27.2. The van der Waals surface area contributed by atoms with Crippen LogP contribution in [0.5, 0.6) is 17.2 Å². The standard InChI is InChI=1S/C34H41NO4S3/c1-4-40-22-37-27-13-11-26(12-14-27)34-32(30-18-17-29(21-31(30)42-34)38-23-41-5-2)33(36)25-9-15-28(16-10-25)39-24(3)35-19-7-6-8-20-35/h9-18,21,24,33,36H,4-8,19-20,22-23H2,1-3H3. The molecule has 0 saturated carbocycles. The maximum Gasteiger partial charge on any atom is 0.149 e. The van der Waals surface area contributed by atoms with E-state index in [-0.39, 0.29) is 6.23 Å². The molecular formula is C34H41NO4S3. The van der Waals surface area contributed by atoms with E-state index in [2.05, 4.69) is 49.9 Å². The SMILES string of the molecule is CCSCOc1ccc(-c2sc3cc(OCSCC)ccc3c2C(O)c2ccc(OC(C)N3CCCCC3)cc2)cc1. The summed E-state index contributed by atoms with van der Waals surface area (Å²) in [6, 6.07) is 22.3. The van der Waals surface area contributed by atoms with Crippen molar-refractivity contribution in [2.45, 2.75) is 52.4 Å². The summed E-state index contributed by atoms with van der Waals surface area (Å²) in [6.45, 7) is 8.54. The zero-order valence-electron chi connectivity index (χ0n) is 24.7. The molecule has 1 aliphatic rings. The van der Waals surface area contributed by atoms with E-state index in [0.29, 0.717) is 11.9 Å². The summed E-state index contributed by atoms with van der Waals surface area (Å²) in [6.07, 6.45) is 3.01. The van der Waals surface area contributed by atoms with E-state index in [4.69, 9.17) is 14.2 Å². The predicted octanol–water partition coefficient (Wildman–Crippen LogP) is 9.04. The lowest BCUT2D eigenvalue weighted by Crippen LogP contribution is -2.40. The minimum Gasteiger partial charge on any atom is -0.483 e. The molecule has 0 spiro atoms. The highest BCUT2D eigenvalue weighted by molar-refractivity contribution is 7.99. The number of fused-ring (bicyclic) bond motifs is 1. The van der Waals surface area contributed by atoms with Gasteiger partial charge in [0.2, 0.25) is 0 Å². The van der Waals surface area contributed by atoms with Gasteiger partial charge in [-0.15, -0.1) is 34.9 Å². The number of thioether (sulfide) groups is 2. The normalized spacial score (nSPS) is 15.4. The van der Waals surface area contributed by atoms with Crippen LogP contribution in [0.25, 0.3) is 20.5 Å². The molecule has 224 valence electrons. The first-order valence-corrected chi connectivity index (χ1v) is 18.0. The first kappa shape index (κ1) is 31.1. The lowest BCUT2D eigenvalue weighted by molar-refractivity contribution is 0.0262. The van der Waals surface area contributed by atoms with E-state index >= 15 is 0 Å². The Kier molecular flexibility index (Phi) is 11.4. The lowest BCUT2D eigenvalue weighted by Gasteiger charge is -2.32. The topological polar surface area (TPSA) is 51.2 Å². The number of aliphatic hydroxyl groups excluding tert-OH is 1. The maximum atomic E-state index is 11.8. The van der Waals surface area contributed by atoms with Crippen LogP contribution in [0, 0.1) is 0 Å². The van der Waals surface area contributed by atoms with Crippen LogP contribution in [0.2, 0.25) is 0 Å². The van der Waals surface area contributed by atoms with Gasteiger partial charge in [0.15, 0.2) is 0 Å². The molecule has 3 aromatic carbocycles. The molecule has 2 atom stereocenters. The molecule has 2 unspecified atom stereocenters. The molecule has 1 aromatic heterocycles. The van der Waals surface area contributed by atoms with E-state index in [1.165, 1.54) is 19.3 Å². The number of thiophene rings is 1. The second-order valence-electron chi connectivity index (χ2n) is 10.3. The highest BCUT2D eigenvalue weighted by Gasteiger charge is 2.23. The maximum absolute atomic E-state index is 11.8. The Balaban J connectivity index is 1.42. The van der Waals surface area contributed by atoms with Crippen molar-refractivity contribution in [2.24, 2.45) is 0 Å². The van der Waals surface area contributed by atoms with Crippen molar-refractivity contribution in [1.29, 1.82) is 0 Å². The van der Waals surface area contributed by atoms with Crippen molar-refractivity contribution in [3.05, 3.63) is 77.9 Å². The highest BCUT2D eigenvalue weighted by Crippen LogP contribution is 2.45. The van der Waals surface area contributed by atoms with Gasteiger partial charge in [-0.3, -0.25) is 4.90 Å². The zero-order chi connectivity index (χ0) is 29.3. The molecule has 42 heavy (non-hydrogen) atoms. The molecule has 0 amide bonds. The third-order valence-electron chi connectivity index (χ3n) is 7.52. The fourth-order valence-corrected chi connectivity index (χ4v) is 7.25. The van der Waals surface area contributed by atoms with Crippen LogP contribution in [-0.4, -0.2) is 52.7 Å². The second-order valence-corrected chi connectivity index (χ2v) is 13.8. The van der Waals surface area contributed by atoms with Crippen molar-refractivity contribution in [2.75, 3.05) is 36.5 Å². The van der Waals surface area contributed by atoms with E-state index in [9.17, 15) is 5.11 Å². The van der Waals surface area contributed by atoms with Crippen LogP contribution in [0.15, 0.2) is 66.7 Å². The summed E-state index contributed by atoms with van der Waals surface area (Å²) in [5.41, 5.74) is 2.81. The Labute approximate surface area is 262 Å². The molecule has 5 rings (SSSR count). The fourth-order valence-electron chi connectivity index (χ4n) is 5.21. The smallest absolute Gasteiger partial charge is 0.149 e. The van der Waals surface area contributed by atoms with Gasteiger partial charge in [0.25, 0.3) is 0 Å². The third kappa shape index (κ3) is 7.77. The van der Waals surface area contributed by atoms with Crippen LogP contribution in [-0.2, 0) is 0 Å². The highest BCUT2D eigenvalue weighted by atomic mass is 32.2. The predicted molar refractivity (Wildman–Crippen MR) is 181 cm³/mol. The van der Waals surface area contributed by atoms with Gasteiger partial charge in [-0.1, -0.05) is 32.4 Å². The molecule has 0 radical (unpaired) electrons.